The van der Waals surface area contributed by atoms with Crippen LogP contribution in [-0.4, -0.2) is 23.9 Å². The van der Waals surface area contributed by atoms with Crippen molar-refractivity contribution in [2.45, 2.75) is 13.5 Å². The van der Waals surface area contributed by atoms with Gasteiger partial charge in [-0.15, -0.1) is 11.3 Å². The number of nitrogens with zero attached hydrogens (tertiary/aromatic N) is 1. The molecule has 0 fully saturated rings. The highest BCUT2D eigenvalue weighted by molar-refractivity contribution is 9.10. The van der Waals surface area contributed by atoms with E-state index in [9.17, 15) is 9.59 Å². The number of carbonyl (C=O) groups is 2. The number of nitrogens with one attached hydrogen (secondary N) is 2. The van der Waals surface area contributed by atoms with Gasteiger partial charge in [0, 0.05) is 22.3 Å². The van der Waals surface area contributed by atoms with Gasteiger partial charge in [0.05, 0.1) is 29.7 Å². The molecule has 1 heterocycles. The first-order chi connectivity index (χ1) is 14.0. The molecule has 0 radical (unpaired) electrons. The van der Waals surface area contributed by atoms with Gasteiger partial charge in [0.1, 0.15) is 6.61 Å². The SMILES string of the molecule is COc1cc(C(=O)Nc2cc(Br)ccc2NC(C)=O)ccc1OCc1cscn1. The molecule has 3 aromatic rings. The van der Waals surface area contributed by atoms with E-state index in [4.69, 9.17) is 9.47 Å². The van der Waals surface area contributed by atoms with Crippen molar-refractivity contribution in [2.75, 3.05) is 17.7 Å². The summed E-state index contributed by atoms with van der Waals surface area (Å²) in [5.74, 6) is 0.368. The molecule has 0 aliphatic carbocycles. The molecular weight excluding hydrogens is 458 g/mol. The van der Waals surface area contributed by atoms with Crippen molar-refractivity contribution in [3.8, 4) is 11.5 Å². The third kappa shape index (κ3) is 5.55. The van der Waals surface area contributed by atoms with Crippen LogP contribution in [0.2, 0.25) is 0 Å². The Morgan fingerprint density at radius 3 is 2.62 bits per heavy atom. The molecule has 2 aromatic carbocycles. The maximum Gasteiger partial charge on any atom is 0.255 e. The van der Waals surface area contributed by atoms with Gasteiger partial charge in [-0.25, -0.2) is 4.98 Å². The lowest BCUT2D eigenvalue weighted by Gasteiger charge is -2.14. The second-order valence-electron chi connectivity index (χ2n) is 5.96. The highest BCUT2D eigenvalue weighted by atomic mass is 79.9. The largest absolute Gasteiger partial charge is 0.493 e. The molecule has 1 aromatic heterocycles. The lowest BCUT2D eigenvalue weighted by atomic mass is 10.1. The summed E-state index contributed by atoms with van der Waals surface area (Å²) in [6.07, 6.45) is 0. The number of carbonyl (C=O) groups excluding carboxylic acids is 2. The number of aromatic nitrogens is 1. The quantitative estimate of drug-likeness (QED) is 0.516. The first-order valence-corrected chi connectivity index (χ1v) is 10.3. The van der Waals surface area contributed by atoms with E-state index in [0.29, 0.717) is 35.0 Å². The highest BCUT2D eigenvalue weighted by Crippen LogP contribution is 2.30. The van der Waals surface area contributed by atoms with Gasteiger partial charge >= 0.3 is 0 Å². The first-order valence-electron chi connectivity index (χ1n) is 8.52. The number of ether oxygens (including phenoxy) is 2. The second kappa shape index (κ2) is 9.53. The van der Waals surface area contributed by atoms with Crippen LogP contribution in [-0.2, 0) is 11.4 Å². The van der Waals surface area contributed by atoms with Gasteiger partial charge in [-0.3, -0.25) is 9.59 Å². The molecule has 29 heavy (non-hydrogen) atoms. The maximum atomic E-state index is 12.7. The van der Waals surface area contributed by atoms with E-state index in [1.54, 1.807) is 41.9 Å². The minimum atomic E-state index is -0.348. The van der Waals surface area contributed by atoms with Gasteiger partial charge in [0.25, 0.3) is 5.91 Å². The van der Waals surface area contributed by atoms with Crippen molar-refractivity contribution in [2.24, 2.45) is 0 Å². The van der Waals surface area contributed by atoms with Crippen molar-refractivity contribution in [3.05, 3.63) is 63.0 Å². The van der Waals surface area contributed by atoms with E-state index >= 15 is 0 Å². The number of anilines is 2. The molecule has 0 spiro atoms. The van der Waals surface area contributed by atoms with Crippen LogP contribution in [0.15, 0.2) is 51.8 Å². The Hall–Kier alpha value is -2.91. The fourth-order valence-corrected chi connectivity index (χ4v) is 3.41. The number of rotatable bonds is 7. The lowest BCUT2D eigenvalue weighted by Crippen LogP contribution is -2.15. The third-order valence-corrected chi connectivity index (χ3v) is 4.95. The second-order valence-corrected chi connectivity index (χ2v) is 7.59. The summed E-state index contributed by atoms with van der Waals surface area (Å²) in [4.78, 5) is 28.3. The molecule has 0 aliphatic rings. The van der Waals surface area contributed by atoms with Crippen LogP contribution >= 0.6 is 27.3 Å². The molecule has 0 aliphatic heterocycles. The van der Waals surface area contributed by atoms with Crippen LogP contribution in [0.3, 0.4) is 0 Å². The average Bonchev–Trinajstić information content (AvgIpc) is 3.21. The number of thiazole rings is 1. The van der Waals surface area contributed by atoms with Gasteiger partial charge in [-0.2, -0.15) is 0 Å². The minimum Gasteiger partial charge on any atom is -0.493 e. The number of benzene rings is 2. The number of methoxy groups -OCH3 is 1. The average molecular weight is 476 g/mol. The molecule has 3 rings (SSSR count). The summed E-state index contributed by atoms with van der Waals surface area (Å²) in [5.41, 5.74) is 3.92. The fraction of sp³-hybridized carbons (Fsp3) is 0.150. The summed E-state index contributed by atoms with van der Waals surface area (Å²) in [6.45, 7) is 1.71. The van der Waals surface area contributed by atoms with E-state index in [-0.39, 0.29) is 11.8 Å². The van der Waals surface area contributed by atoms with Crippen molar-refractivity contribution in [3.63, 3.8) is 0 Å². The molecule has 150 valence electrons. The van der Waals surface area contributed by atoms with Gasteiger partial charge < -0.3 is 20.1 Å². The number of hydrogen-bond donors (Lipinski definition) is 2. The van der Waals surface area contributed by atoms with E-state index < -0.39 is 0 Å². The van der Waals surface area contributed by atoms with E-state index in [1.165, 1.54) is 25.4 Å². The zero-order chi connectivity index (χ0) is 20.8. The van der Waals surface area contributed by atoms with Crippen molar-refractivity contribution in [1.29, 1.82) is 0 Å². The van der Waals surface area contributed by atoms with Crippen molar-refractivity contribution < 1.29 is 19.1 Å². The Bertz CT molecular complexity index is 1020. The van der Waals surface area contributed by atoms with Gasteiger partial charge in [0.15, 0.2) is 11.5 Å². The summed E-state index contributed by atoms with van der Waals surface area (Å²) in [7, 11) is 1.51. The van der Waals surface area contributed by atoms with Gasteiger partial charge in [-0.05, 0) is 36.4 Å². The standard InChI is InChI=1S/C20H18BrN3O4S/c1-12(25)23-16-5-4-14(21)8-17(16)24-20(26)13-3-6-18(19(7-13)27-2)28-9-15-10-29-11-22-15/h3-8,10-11H,9H2,1-2H3,(H,23,25)(H,24,26). The zero-order valence-electron chi connectivity index (χ0n) is 15.7. The molecule has 2 amide bonds. The van der Waals surface area contributed by atoms with E-state index in [1.807, 2.05) is 5.38 Å². The fourth-order valence-electron chi connectivity index (χ4n) is 2.50. The molecule has 2 N–H and O–H groups in total. The Kier molecular flexibility index (Phi) is 6.84. The predicted octanol–water partition coefficient (Wildman–Crippen LogP) is 4.70. The summed E-state index contributed by atoms with van der Waals surface area (Å²) >= 11 is 4.86. The summed E-state index contributed by atoms with van der Waals surface area (Å²) in [5, 5.41) is 7.41. The number of halogens is 1. The highest BCUT2D eigenvalue weighted by Gasteiger charge is 2.14. The molecule has 0 saturated carbocycles. The van der Waals surface area contributed by atoms with Crippen LogP contribution in [0, 0.1) is 0 Å². The zero-order valence-corrected chi connectivity index (χ0v) is 18.1. The Balaban J connectivity index is 1.77. The minimum absolute atomic E-state index is 0.230. The Labute approximate surface area is 180 Å². The molecule has 0 saturated heterocycles. The first kappa shape index (κ1) is 20.8. The molecular formula is C20H18BrN3O4S. The normalized spacial score (nSPS) is 10.3. The van der Waals surface area contributed by atoms with Crippen LogP contribution in [0.25, 0.3) is 0 Å². The predicted molar refractivity (Wildman–Crippen MR) is 116 cm³/mol. The topological polar surface area (TPSA) is 89.6 Å². The van der Waals surface area contributed by atoms with Crippen molar-refractivity contribution in [1.82, 2.24) is 4.98 Å². The summed E-state index contributed by atoms with van der Waals surface area (Å²) < 4.78 is 11.9. The molecule has 0 bridgehead atoms. The monoisotopic (exact) mass is 475 g/mol. The van der Waals surface area contributed by atoms with Gasteiger partial charge in [-0.1, -0.05) is 15.9 Å². The Morgan fingerprint density at radius 1 is 1.10 bits per heavy atom. The van der Waals surface area contributed by atoms with Gasteiger partial charge in [0.2, 0.25) is 5.91 Å². The summed E-state index contributed by atoms with van der Waals surface area (Å²) in [6, 6.07) is 10.1. The Morgan fingerprint density at radius 2 is 1.93 bits per heavy atom. The van der Waals surface area contributed by atoms with Crippen LogP contribution < -0.4 is 20.1 Å². The smallest absolute Gasteiger partial charge is 0.255 e. The molecule has 7 nitrogen and oxygen atoms in total. The number of hydrogen-bond acceptors (Lipinski definition) is 6. The van der Waals surface area contributed by atoms with Crippen LogP contribution in [0.4, 0.5) is 11.4 Å². The van der Waals surface area contributed by atoms with Crippen molar-refractivity contribution >= 4 is 50.5 Å². The maximum absolute atomic E-state index is 12.7. The third-order valence-electron chi connectivity index (χ3n) is 3.83. The van der Waals surface area contributed by atoms with Crippen LogP contribution in [0.5, 0.6) is 11.5 Å². The lowest BCUT2D eigenvalue weighted by molar-refractivity contribution is -0.114. The molecule has 0 atom stereocenters. The molecule has 9 heteroatoms. The number of amides is 2. The van der Waals surface area contributed by atoms with Crippen LogP contribution in [0.1, 0.15) is 23.0 Å². The van der Waals surface area contributed by atoms with E-state index in [0.717, 1.165) is 10.2 Å². The van der Waals surface area contributed by atoms with E-state index in [2.05, 4.69) is 31.5 Å². The molecule has 0 unspecified atom stereocenters.